The Hall–Kier alpha value is -3.44. The molecule has 0 saturated carbocycles. The van der Waals surface area contributed by atoms with Gasteiger partial charge >= 0.3 is 0 Å². The zero-order chi connectivity index (χ0) is 24.3. The fourth-order valence-corrected chi connectivity index (χ4v) is 4.61. The first-order valence-corrected chi connectivity index (χ1v) is 12.1. The first-order valence-electron chi connectivity index (χ1n) is 10.0. The molecule has 1 amide bonds. The molecule has 11 heteroatoms. The number of amides is 1. The van der Waals surface area contributed by atoms with E-state index in [0.29, 0.717) is 23.7 Å². The molecule has 0 fully saturated rings. The highest BCUT2D eigenvalue weighted by Crippen LogP contribution is 2.45. The van der Waals surface area contributed by atoms with Gasteiger partial charge in [0, 0.05) is 11.6 Å². The summed E-state index contributed by atoms with van der Waals surface area (Å²) in [5.74, 6) is -1.16. The standard InChI is InChI=1S/C22H26N2O8S/c1-4-32-18-10-13(8-9-17(18)31-2)16(12-33(3,29)30)24-21(27)14-6-5-7-15(20(14)22(24)28)23-19(26)11-25/h5-10,16,25,27-28H,4,11-12H2,1-3H3,(H,23,26)/t16-/m1/s1. The van der Waals surface area contributed by atoms with Crippen molar-refractivity contribution < 1.29 is 38.0 Å². The van der Waals surface area contributed by atoms with Gasteiger partial charge in [-0.3, -0.25) is 9.36 Å². The van der Waals surface area contributed by atoms with Gasteiger partial charge in [0.05, 0.1) is 36.6 Å². The van der Waals surface area contributed by atoms with Crippen molar-refractivity contribution in [2.45, 2.75) is 13.0 Å². The number of fused-ring (bicyclic) bond motifs is 1. The second kappa shape index (κ2) is 9.59. The average Bonchev–Trinajstić information content (AvgIpc) is 3.02. The number of benzene rings is 2. The number of carbonyl (C=O) groups excluding carboxylic acids is 1. The summed E-state index contributed by atoms with van der Waals surface area (Å²) < 4.78 is 36.6. The van der Waals surface area contributed by atoms with Gasteiger partial charge in [-0.05, 0) is 36.8 Å². The third-order valence-corrected chi connectivity index (χ3v) is 5.97. The lowest BCUT2D eigenvalue weighted by atomic mass is 10.1. The van der Waals surface area contributed by atoms with Crippen LogP contribution in [0.25, 0.3) is 10.8 Å². The Morgan fingerprint density at radius 2 is 1.88 bits per heavy atom. The maximum absolute atomic E-state index is 12.3. The summed E-state index contributed by atoms with van der Waals surface area (Å²) in [6.45, 7) is 1.36. The largest absolute Gasteiger partial charge is 0.494 e. The Labute approximate surface area is 190 Å². The molecule has 1 heterocycles. The van der Waals surface area contributed by atoms with Gasteiger partial charge in [-0.2, -0.15) is 0 Å². The number of aromatic nitrogens is 1. The van der Waals surface area contributed by atoms with Gasteiger partial charge in [-0.1, -0.05) is 12.1 Å². The minimum Gasteiger partial charge on any atom is -0.494 e. The Morgan fingerprint density at radius 3 is 2.48 bits per heavy atom. The van der Waals surface area contributed by atoms with Crippen LogP contribution >= 0.6 is 0 Å². The van der Waals surface area contributed by atoms with Crippen LogP contribution in [0.5, 0.6) is 23.3 Å². The van der Waals surface area contributed by atoms with Crippen molar-refractivity contribution in [3.8, 4) is 23.3 Å². The van der Waals surface area contributed by atoms with Gasteiger partial charge in [0.15, 0.2) is 11.5 Å². The van der Waals surface area contributed by atoms with E-state index in [1.54, 1.807) is 31.2 Å². The van der Waals surface area contributed by atoms with Gasteiger partial charge in [0.2, 0.25) is 17.7 Å². The highest BCUT2D eigenvalue weighted by atomic mass is 32.2. The van der Waals surface area contributed by atoms with E-state index in [9.17, 15) is 23.4 Å². The smallest absolute Gasteiger partial charge is 0.250 e. The molecule has 10 nitrogen and oxygen atoms in total. The van der Waals surface area contributed by atoms with Gasteiger partial charge in [-0.25, -0.2) is 8.42 Å². The second-order valence-electron chi connectivity index (χ2n) is 7.40. The number of anilines is 1. The second-order valence-corrected chi connectivity index (χ2v) is 9.59. The van der Waals surface area contributed by atoms with Crippen LogP contribution in [0.1, 0.15) is 18.5 Å². The van der Waals surface area contributed by atoms with Crippen molar-refractivity contribution in [2.75, 3.05) is 37.6 Å². The number of hydrogen-bond acceptors (Lipinski definition) is 8. The minimum absolute atomic E-state index is 0.105. The van der Waals surface area contributed by atoms with E-state index in [0.717, 1.165) is 10.8 Å². The summed E-state index contributed by atoms with van der Waals surface area (Å²) in [4.78, 5) is 11.7. The van der Waals surface area contributed by atoms with Crippen molar-refractivity contribution in [3.63, 3.8) is 0 Å². The molecule has 0 bridgehead atoms. The summed E-state index contributed by atoms with van der Waals surface area (Å²) in [6, 6.07) is 8.35. The Balaban J connectivity index is 2.26. The maximum Gasteiger partial charge on any atom is 0.250 e. The van der Waals surface area contributed by atoms with E-state index >= 15 is 0 Å². The van der Waals surface area contributed by atoms with E-state index in [1.165, 1.54) is 19.2 Å². The first-order chi connectivity index (χ1) is 15.6. The Morgan fingerprint density at radius 1 is 1.15 bits per heavy atom. The Kier molecular flexibility index (Phi) is 7.04. The van der Waals surface area contributed by atoms with Crippen LogP contribution in [0.4, 0.5) is 5.69 Å². The van der Waals surface area contributed by atoms with Gasteiger partial charge in [0.25, 0.3) is 0 Å². The molecule has 2 aromatic carbocycles. The topological polar surface area (TPSA) is 147 Å². The number of sulfone groups is 1. The Bertz CT molecular complexity index is 1280. The number of nitrogens with zero attached hydrogens (tertiary/aromatic N) is 1. The quantitative estimate of drug-likeness (QED) is 0.365. The van der Waals surface area contributed by atoms with E-state index < -0.39 is 40.0 Å². The fraction of sp³-hybridized carbons (Fsp3) is 0.318. The number of aliphatic hydroxyl groups is 1. The van der Waals surface area contributed by atoms with Crippen molar-refractivity contribution in [3.05, 3.63) is 42.0 Å². The number of rotatable bonds is 9. The molecule has 1 aromatic heterocycles. The molecule has 0 unspecified atom stereocenters. The number of hydrogen-bond donors (Lipinski definition) is 4. The zero-order valence-electron chi connectivity index (χ0n) is 18.4. The van der Waals surface area contributed by atoms with E-state index in [1.807, 2.05) is 0 Å². The maximum atomic E-state index is 12.3. The SMILES string of the molecule is CCOc1cc([C@@H](CS(C)(=O)=O)n2c(O)c3cccc(NC(=O)CO)c3c2O)ccc1OC. The molecule has 4 N–H and O–H groups in total. The summed E-state index contributed by atoms with van der Waals surface area (Å²) in [6.07, 6.45) is 1.05. The highest BCUT2D eigenvalue weighted by molar-refractivity contribution is 7.90. The first kappa shape index (κ1) is 24.2. The number of ether oxygens (including phenoxy) is 2. The van der Waals surface area contributed by atoms with E-state index in [4.69, 9.17) is 14.6 Å². The minimum atomic E-state index is -3.58. The lowest BCUT2D eigenvalue weighted by molar-refractivity contribution is -0.118. The zero-order valence-corrected chi connectivity index (χ0v) is 19.2. The molecular formula is C22H26N2O8S. The summed E-state index contributed by atoms with van der Waals surface area (Å²) in [5, 5.41) is 33.9. The van der Waals surface area contributed by atoms with Crippen molar-refractivity contribution in [2.24, 2.45) is 0 Å². The average molecular weight is 479 g/mol. The molecule has 0 aliphatic heterocycles. The lowest BCUT2D eigenvalue weighted by Crippen LogP contribution is -2.20. The molecule has 0 spiro atoms. The third kappa shape index (κ3) is 4.99. The summed E-state index contributed by atoms with van der Waals surface area (Å²) in [5.41, 5.74) is 0.595. The predicted octanol–water partition coefficient (Wildman–Crippen LogP) is 2.02. The van der Waals surface area contributed by atoms with E-state index in [-0.39, 0.29) is 22.3 Å². The normalized spacial score (nSPS) is 12.5. The molecule has 1 atom stereocenters. The van der Waals surface area contributed by atoms with Gasteiger partial charge < -0.3 is 30.1 Å². The summed E-state index contributed by atoms with van der Waals surface area (Å²) >= 11 is 0. The molecule has 3 rings (SSSR count). The number of nitrogens with one attached hydrogen (secondary N) is 1. The number of aliphatic hydroxyl groups excluding tert-OH is 1. The predicted molar refractivity (Wildman–Crippen MR) is 123 cm³/mol. The van der Waals surface area contributed by atoms with E-state index in [2.05, 4.69) is 5.32 Å². The van der Waals surface area contributed by atoms with Crippen molar-refractivity contribution in [1.82, 2.24) is 4.57 Å². The van der Waals surface area contributed by atoms with Crippen LogP contribution in [0.15, 0.2) is 36.4 Å². The molecule has 178 valence electrons. The molecule has 3 aromatic rings. The van der Waals surface area contributed by atoms with Crippen LogP contribution in [0, 0.1) is 0 Å². The van der Waals surface area contributed by atoms with Crippen LogP contribution < -0.4 is 14.8 Å². The molecule has 33 heavy (non-hydrogen) atoms. The molecule has 0 aliphatic carbocycles. The van der Waals surface area contributed by atoms with Crippen LogP contribution in [-0.2, 0) is 14.6 Å². The molecule has 0 radical (unpaired) electrons. The van der Waals surface area contributed by atoms with Gasteiger partial charge in [0.1, 0.15) is 16.4 Å². The number of methoxy groups -OCH3 is 1. The molecule has 0 saturated heterocycles. The lowest BCUT2D eigenvalue weighted by Gasteiger charge is -2.22. The molecular weight excluding hydrogens is 452 g/mol. The van der Waals surface area contributed by atoms with Crippen LogP contribution in [0.2, 0.25) is 0 Å². The van der Waals surface area contributed by atoms with Crippen molar-refractivity contribution >= 4 is 32.2 Å². The van der Waals surface area contributed by atoms with Crippen molar-refractivity contribution in [1.29, 1.82) is 0 Å². The number of carbonyl (C=O) groups is 1. The fourth-order valence-electron chi connectivity index (χ4n) is 3.69. The third-order valence-electron chi connectivity index (χ3n) is 5.05. The summed E-state index contributed by atoms with van der Waals surface area (Å²) in [7, 11) is -2.11. The highest BCUT2D eigenvalue weighted by Gasteiger charge is 2.29. The van der Waals surface area contributed by atoms with Crippen LogP contribution in [0.3, 0.4) is 0 Å². The van der Waals surface area contributed by atoms with Gasteiger partial charge in [-0.15, -0.1) is 0 Å². The number of aromatic hydroxyl groups is 2. The van der Waals surface area contributed by atoms with Crippen LogP contribution in [-0.4, -0.2) is 66.5 Å². The molecule has 0 aliphatic rings. The monoisotopic (exact) mass is 478 g/mol.